The summed E-state index contributed by atoms with van der Waals surface area (Å²) in [6.07, 6.45) is -0.241. The molecule has 2 fully saturated rings. The van der Waals surface area contributed by atoms with Gasteiger partial charge in [-0.15, -0.1) is 0 Å². The lowest BCUT2D eigenvalue weighted by Crippen LogP contribution is -2.28. The fraction of sp³-hybridized carbons (Fsp3) is 0.800. The molecule has 7 heteroatoms. The number of carboxylic acids is 2. The second-order valence-electron chi connectivity index (χ2n) is 4.73. The predicted octanol–water partition coefficient (Wildman–Crippen LogP) is 0.359. The molecular formula is C10H13F2NO4. The number of nitrogens with zero attached hydrogens (tertiary/aromatic N) is 1. The normalized spacial score (nSPS) is 35.8. The lowest BCUT2D eigenvalue weighted by atomic mass is 10.3. The Morgan fingerprint density at radius 3 is 2.12 bits per heavy atom. The zero-order chi connectivity index (χ0) is 12.8. The van der Waals surface area contributed by atoms with Crippen LogP contribution in [0.5, 0.6) is 0 Å². The van der Waals surface area contributed by atoms with Gasteiger partial charge in [-0.05, 0) is 5.92 Å². The second kappa shape index (κ2) is 3.90. The van der Waals surface area contributed by atoms with Crippen molar-refractivity contribution in [1.82, 2.24) is 4.90 Å². The molecule has 96 valence electrons. The van der Waals surface area contributed by atoms with Crippen LogP contribution in [0.15, 0.2) is 0 Å². The van der Waals surface area contributed by atoms with Crippen molar-refractivity contribution in [2.24, 2.45) is 17.8 Å². The van der Waals surface area contributed by atoms with E-state index in [-0.39, 0.29) is 19.5 Å². The molecule has 1 saturated carbocycles. The third kappa shape index (κ3) is 2.38. The van der Waals surface area contributed by atoms with Crippen molar-refractivity contribution in [1.29, 1.82) is 0 Å². The zero-order valence-electron chi connectivity index (χ0n) is 8.97. The Morgan fingerprint density at radius 2 is 1.76 bits per heavy atom. The van der Waals surface area contributed by atoms with E-state index in [0.29, 0.717) is 0 Å². The fourth-order valence-electron chi connectivity index (χ4n) is 2.54. The topological polar surface area (TPSA) is 77.8 Å². The second-order valence-corrected chi connectivity index (χ2v) is 4.73. The molecular weight excluding hydrogens is 236 g/mol. The monoisotopic (exact) mass is 249 g/mol. The minimum Gasteiger partial charge on any atom is -0.481 e. The molecule has 1 heterocycles. The summed E-state index contributed by atoms with van der Waals surface area (Å²) in [6.45, 7) is -0.0755. The van der Waals surface area contributed by atoms with Gasteiger partial charge < -0.3 is 10.2 Å². The van der Waals surface area contributed by atoms with Crippen molar-refractivity contribution in [3.8, 4) is 0 Å². The molecule has 3 atom stereocenters. The standard InChI is InChI=1S/C10H13F2NO4/c11-10(12)1-2-13(4-10)3-5-6(8(14)15)7(5)9(16)17/h5-7H,1-4H2,(H,14,15)(H,16,17)/t5?,6-,7+. The molecule has 2 aliphatic rings. The van der Waals surface area contributed by atoms with Crippen LogP contribution >= 0.6 is 0 Å². The molecule has 5 nitrogen and oxygen atoms in total. The highest BCUT2D eigenvalue weighted by Crippen LogP contribution is 2.47. The van der Waals surface area contributed by atoms with Gasteiger partial charge in [0.25, 0.3) is 5.92 Å². The van der Waals surface area contributed by atoms with Crippen molar-refractivity contribution in [2.75, 3.05) is 19.6 Å². The summed E-state index contributed by atoms with van der Waals surface area (Å²) in [5.74, 6) is -7.45. The van der Waals surface area contributed by atoms with Gasteiger partial charge in [0.2, 0.25) is 0 Å². The Hall–Kier alpha value is -1.24. The van der Waals surface area contributed by atoms with Gasteiger partial charge in [0, 0.05) is 19.5 Å². The molecule has 0 radical (unpaired) electrons. The quantitative estimate of drug-likeness (QED) is 0.752. The highest BCUT2D eigenvalue weighted by Gasteiger charge is 2.60. The van der Waals surface area contributed by atoms with Gasteiger partial charge in [0.1, 0.15) is 0 Å². The molecule has 0 bridgehead atoms. The maximum Gasteiger partial charge on any atom is 0.307 e. The van der Waals surface area contributed by atoms with Crippen LogP contribution in [0.25, 0.3) is 0 Å². The average molecular weight is 249 g/mol. The predicted molar refractivity (Wildman–Crippen MR) is 51.7 cm³/mol. The number of halogens is 2. The number of carbonyl (C=O) groups is 2. The average Bonchev–Trinajstić information content (AvgIpc) is 2.78. The summed E-state index contributed by atoms with van der Waals surface area (Å²) in [6, 6.07) is 0. The van der Waals surface area contributed by atoms with Gasteiger partial charge in [0.05, 0.1) is 18.4 Å². The van der Waals surface area contributed by atoms with E-state index in [9.17, 15) is 18.4 Å². The summed E-state index contributed by atoms with van der Waals surface area (Å²) in [5, 5.41) is 17.6. The molecule has 0 amide bonds. The van der Waals surface area contributed by atoms with E-state index in [1.165, 1.54) is 4.90 Å². The molecule has 0 spiro atoms. The van der Waals surface area contributed by atoms with Crippen molar-refractivity contribution in [3.05, 3.63) is 0 Å². The van der Waals surface area contributed by atoms with E-state index in [1.807, 2.05) is 0 Å². The molecule has 1 saturated heterocycles. The first-order valence-corrected chi connectivity index (χ1v) is 5.37. The minimum absolute atomic E-state index is 0.128. The Labute approximate surface area is 96.0 Å². The highest BCUT2D eigenvalue weighted by atomic mass is 19.3. The maximum absolute atomic E-state index is 12.9. The molecule has 0 aromatic rings. The van der Waals surface area contributed by atoms with E-state index in [4.69, 9.17) is 10.2 Å². The Balaban J connectivity index is 1.92. The van der Waals surface area contributed by atoms with Crippen LogP contribution in [0.3, 0.4) is 0 Å². The van der Waals surface area contributed by atoms with E-state index >= 15 is 0 Å². The SMILES string of the molecule is O=C(O)[C@@H]1C(CN2CCC(F)(F)C2)[C@@H]1C(=O)O. The lowest BCUT2D eigenvalue weighted by molar-refractivity contribution is -0.144. The number of aliphatic carboxylic acids is 2. The van der Waals surface area contributed by atoms with E-state index < -0.39 is 42.2 Å². The lowest BCUT2D eigenvalue weighted by Gasteiger charge is -2.14. The first-order valence-electron chi connectivity index (χ1n) is 5.37. The van der Waals surface area contributed by atoms with Crippen molar-refractivity contribution in [2.45, 2.75) is 12.3 Å². The Bertz CT molecular complexity index is 340. The van der Waals surface area contributed by atoms with Crippen LogP contribution in [0.2, 0.25) is 0 Å². The molecule has 1 aliphatic heterocycles. The largest absolute Gasteiger partial charge is 0.481 e. The summed E-state index contributed by atoms with van der Waals surface area (Å²) in [7, 11) is 0. The summed E-state index contributed by atoms with van der Waals surface area (Å²) in [4.78, 5) is 23.0. The van der Waals surface area contributed by atoms with Crippen LogP contribution in [0.1, 0.15) is 6.42 Å². The number of carboxylic acid groups (broad SMARTS) is 2. The highest BCUT2D eigenvalue weighted by molar-refractivity contribution is 5.86. The minimum atomic E-state index is -2.73. The van der Waals surface area contributed by atoms with Crippen LogP contribution in [-0.2, 0) is 9.59 Å². The fourth-order valence-corrected chi connectivity index (χ4v) is 2.54. The van der Waals surface area contributed by atoms with Crippen molar-refractivity contribution < 1.29 is 28.6 Å². The van der Waals surface area contributed by atoms with Gasteiger partial charge in [-0.25, -0.2) is 8.78 Å². The van der Waals surface area contributed by atoms with Gasteiger partial charge in [-0.1, -0.05) is 0 Å². The van der Waals surface area contributed by atoms with E-state index in [2.05, 4.69) is 0 Å². The Kier molecular flexibility index (Phi) is 2.81. The number of hydrogen-bond donors (Lipinski definition) is 2. The number of hydrogen-bond acceptors (Lipinski definition) is 3. The van der Waals surface area contributed by atoms with Crippen molar-refractivity contribution >= 4 is 11.9 Å². The van der Waals surface area contributed by atoms with Crippen molar-refractivity contribution in [3.63, 3.8) is 0 Å². The van der Waals surface area contributed by atoms with Gasteiger partial charge in [-0.2, -0.15) is 0 Å². The smallest absolute Gasteiger partial charge is 0.307 e. The Morgan fingerprint density at radius 1 is 1.24 bits per heavy atom. The molecule has 1 aliphatic carbocycles. The summed E-state index contributed by atoms with van der Waals surface area (Å²) in [5.41, 5.74) is 0. The molecule has 1 unspecified atom stereocenters. The van der Waals surface area contributed by atoms with Crippen LogP contribution in [0.4, 0.5) is 8.78 Å². The van der Waals surface area contributed by atoms with Gasteiger partial charge in [-0.3, -0.25) is 14.5 Å². The number of alkyl halides is 2. The van der Waals surface area contributed by atoms with Gasteiger partial charge >= 0.3 is 11.9 Å². The summed E-state index contributed by atoms with van der Waals surface area (Å²) >= 11 is 0. The first kappa shape index (κ1) is 12.2. The van der Waals surface area contributed by atoms with Crippen LogP contribution in [0, 0.1) is 17.8 Å². The molecule has 0 aromatic carbocycles. The molecule has 2 rings (SSSR count). The first-order chi connectivity index (χ1) is 7.82. The molecule has 2 N–H and O–H groups in total. The van der Waals surface area contributed by atoms with E-state index in [1.54, 1.807) is 0 Å². The van der Waals surface area contributed by atoms with Crippen LogP contribution in [-0.4, -0.2) is 52.6 Å². The molecule has 17 heavy (non-hydrogen) atoms. The maximum atomic E-state index is 12.9. The van der Waals surface area contributed by atoms with Crippen LogP contribution < -0.4 is 0 Å². The number of likely N-dealkylation sites (tertiary alicyclic amines) is 1. The third-order valence-electron chi connectivity index (χ3n) is 3.46. The van der Waals surface area contributed by atoms with Gasteiger partial charge in [0.15, 0.2) is 0 Å². The zero-order valence-corrected chi connectivity index (χ0v) is 8.97. The third-order valence-corrected chi connectivity index (χ3v) is 3.46. The number of rotatable bonds is 4. The molecule has 0 aromatic heterocycles. The summed E-state index contributed by atoms with van der Waals surface area (Å²) < 4.78 is 25.8. The van der Waals surface area contributed by atoms with E-state index in [0.717, 1.165) is 0 Å².